The molecule has 0 saturated carbocycles. The SMILES string of the molecule is CCn1c(SCC(=O)NCc2ccc(C)cc2)nc2c(c1=O)SC(C)C2. The van der Waals surface area contributed by atoms with Crippen molar-refractivity contribution in [1.82, 2.24) is 14.9 Å². The van der Waals surface area contributed by atoms with E-state index in [1.807, 2.05) is 38.1 Å². The van der Waals surface area contributed by atoms with Gasteiger partial charge in [-0.05, 0) is 19.4 Å². The van der Waals surface area contributed by atoms with E-state index in [9.17, 15) is 9.59 Å². The third-order valence-electron chi connectivity index (χ3n) is 4.22. The predicted molar refractivity (Wildman–Crippen MR) is 107 cm³/mol. The highest BCUT2D eigenvalue weighted by atomic mass is 32.2. The number of nitrogens with one attached hydrogen (secondary N) is 1. The van der Waals surface area contributed by atoms with Gasteiger partial charge >= 0.3 is 0 Å². The Kier molecular flexibility index (Phi) is 6.09. The summed E-state index contributed by atoms with van der Waals surface area (Å²) in [6.45, 7) is 7.13. The van der Waals surface area contributed by atoms with E-state index in [1.54, 1.807) is 16.3 Å². The van der Waals surface area contributed by atoms with Crippen LogP contribution in [0.15, 0.2) is 39.1 Å². The molecule has 1 aromatic carbocycles. The average molecular weight is 390 g/mol. The Morgan fingerprint density at radius 2 is 2.12 bits per heavy atom. The fourth-order valence-corrected chi connectivity index (χ4v) is 4.83. The van der Waals surface area contributed by atoms with Crippen LogP contribution < -0.4 is 10.9 Å². The largest absolute Gasteiger partial charge is 0.351 e. The normalized spacial score (nSPS) is 15.7. The smallest absolute Gasteiger partial charge is 0.268 e. The fraction of sp³-hybridized carbons (Fsp3) is 0.421. The van der Waals surface area contributed by atoms with Crippen molar-refractivity contribution in [2.24, 2.45) is 0 Å². The Labute approximate surface area is 162 Å². The predicted octanol–water partition coefficient (Wildman–Crippen LogP) is 3.02. The van der Waals surface area contributed by atoms with E-state index in [0.29, 0.717) is 23.5 Å². The molecule has 1 amide bonds. The van der Waals surface area contributed by atoms with Gasteiger partial charge in [0.25, 0.3) is 5.56 Å². The molecule has 5 nitrogen and oxygen atoms in total. The van der Waals surface area contributed by atoms with Crippen molar-refractivity contribution in [3.8, 4) is 0 Å². The van der Waals surface area contributed by atoms with Crippen LogP contribution in [0.2, 0.25) is 0 Å². The Bertz CT molecular complexity index is 862. The van der Waals surface area contributed by atoms with Crippen LogP contribution in [0.1, 0.15) is 30.7 Å². The molecule has 7 heteroatoms. The molecular weight excluding hydrogens is 366 g/mol. The van der Waals surface area contributed by atoms with Gasteiger partial charge in [-0.1, -0.05) is 48.5 Å². The highest BCUT2D eigenvalue weighted by Crippen LogP contribution is 2.34. The van der Waals surface area contributed by atoms with Gasteiger partial charge in [-0.3, -0.25) is 14.2 Å². The maximum atomic E-state index is 12.6. The number of carbonyl (C=O) groups is 1. The van der Waals surface area contributed by atoms with Gasteiger partial charge < -0.3 is 5.32 Å². The molecular formula is C19H23N3O2S2. The molecule has 3 rings (SSSR count). The zero-order valence-electron chi connectivity index (χ0n) is 15.2. The minimum absolute atomic E-state index is 0.0226. The lowest BCUT2D eigenvalue weighted by molar-refractivity contribution is -0.118. The summed E-state index contributed by atoms with van der Waals surface area (Å²) in [5.74, 6) is 0.190. The number of benzene rings is 1. The van der Waals surface area contributed by atoms with Crippen LogP contribution in [0.5, 0.6) is 0 Å². The van der Waals surface area contributed by atoms with E-state index in [-0.39, 0.29) is 17.2 Å². The molecule has 0 saturated heterocycles. The lowest BCUT2D eigenvalue weighted by Crippen LogP contribution is -2.27. The van der Waals surface area contributed by atoms with Crippen molar-refractivity contribution in [3.05, 3.63) is 51.4 Å². The van der Waals surface area contributed by atoms with Crippen LogP contribution in [-0.2, 0) is 24.3 Å². The van der Waals surface area contributed by atoms with Gasteiger partial charge in [-0.15, -0.1) is 11.8 Å². The van der Waals surface area contributed by atoms with E-state index in [4.69, 9.17) is 0 Å². The summed E-state index contributed by atoms with van der Waals surface area (Å²) in [5.41, 5.74) is 3.17. The van der Waals surface area contributed by atoms with Gasteiger partial charge in [0.2, 0.25) is 5.91 Å². The van der Waals surface area contributed by atoms with Gasteiger partial charge in [-0.2, -0.15) is 0 Å². The quantitative estimate of drug-likeness (QED) is 0.608. The number of aryl methyl sites for hydroxylation is 1. The summed E-state index contributed by atoms with van der Waals surface area (Å²) in [6, 6.07) is 8.09. The summed E-state index contributed by atoms with van der Waals surface area (Å²) in [7, 11) is 0. The highest BCUT2D eigenvalue weighted by Gasteiger charge is 2.26. The van der Waals surface area contributed by atoms with Crippen LogP contribution in [0.4, 0.5) is 0 Å². The third-order valence-corrected chi connectivity index (χ3v) is 6.41. The second-order valence-electron chi connectivity index (χ2n) is 6.40. The first-order valence-electron chi connectivity index (χ1n) is 8.73. The molecule has 2 aromatic rings. The van der Waals surface area contributed by atoms with Crippen molar-refractivity contribution >= 4 is 29.4 Å². The Balaban J connectivity index is 1.63. The van der Waals surface area contributed by atoms with Gasteiger partial charge in [0.15, 0.2) is 5.16 Å². The van der Waals surface area contributed by atoms with Crippen molar-refractivity contribution < 1.29 is 4.79 Å². The highest BCUT2D eigenvalue weighted by molar-refractivity contribution is 8.00. The molecule has 1 aromatic heterocycles. The van der Waals surface area contributed by atoms with Gasteiger partial charge in [0.1, 0.15) is 0 Å². The van der Waals surface area contributed by atoms with Crippen LogP contribution in [0.25, 0.3) is 0 Å². The summed E-state index contributed by atoms with van der Waals surface area (Å²) in [4.78, 5) is 30.2. The summed E-state index contributed by atoms with van der Waals surface area (Å²) >= 11 is 2.93. The molecule has 1 N–H and O–H groups in total. The second-order valence-corrected chi connectivity index (χ2v) is 8.79. The molecule has 0 bridgehead atoms. The van der Waals surface area contributed by atoms with Crippen LogP contribution in [-0.4, -0.2) is 26.5 Å². The molecule has 0 aliphatic carbocycles. The summed E-state index contributed by atoms with van der Waals surface area (Å²) in [6.07, 6.45) is 0.812. The van der Waals surface area contributed by atoms with Crippen LogP contribution in [0.3, 0.4) is 0 Å². The van der Waals surface area contributed by atoms with Crippen molar-refractivity contribution in [2.75, 3.05) is 5.75 Å². The van der Waals surface area contributed by atoms with Crippen LogP contribution >= 0.6 is 23.5 Å². The molecule has 138 valence electrons. The topological polar surface area (TPSA) is 64.0 Å². The molecule has 1 atom stereocenters. The Morgan fingerprint density at radius 3 is 2.81 bits per heavy atom. The zero-order chi connectivity index (χ0) is 18.7. The number of fused-ring (bicyclic) bond motifs is 1. The minimum Gasteiger partial charge on any atom is -0.351 e. The first-order valence-corrected chi connectivity index (χ1v) is 10.6. The van der Waals surface area contributed by atoms with E-state index in [0.717, 1.165) is 22.6 Å². The molecule has 1 unspecified atom stereocenters. The molecule has 0 fully saturated rings. The standard InChI is InChI=1S/C19H23N3O2S2/c1-4-22-18(24)17-15(9-13(3)26-17)21-19(22)25-11-16(23)20-10-14-7-5-12(2)6-8-14/h5-8,13H,4,9-11H2,1-3H3,(H,20,23). The number of hydrogen-bond donors (Lipinski definition) is 1. The van der Waals surface area contributed by atoms with Gasteiger partial charge in [0.05, 0.1) is 16.3 Å². The van der Waals surface area contributed by atoms with E-state index >= 15 is 0 Å². The van der Waals surface area contributed by atoms with Crippen molar-refractivity contribution in [3.63, 3.8) is 0 Å². The molecule has 26 heavy (non-hydrogen) atoms. The number of aromatic nitrogens is 2. The molecule has 0 spiro atoms. The van der Waals surface area contributed by atoms with Gasteiger partial charge in [0, 0.05) is 24.8 Å². The number of carbonyl (C=O) groups excluding carboxylic acids is 1. The first-order chi connectivity index (χ1) is 12.5. The lowest BCUT2D eigenvalue weighted by Gasteiger charge is -2.11. The summed E-state index contributed by atoms with van der Waals surface area (Å²) in [5, 5.41) is 3.94. The number of amides is 1. The minimum atomic E-state index is -0.0595. The monoisotopic (exact) mass is 389 g/mol. The number of thioether (sulfide) groups is 2. The molecule has 1 aliphatic heterocycles. The average Bonchev–Trinajstić information content (AvgIpc) is 3.00. The Hall–Kier alpha value is -1.73. The molecule has 2 heterocycles. The van der Waals surface area contributed by atoms with Crippen molar-refractivity contribution in [2.45, 2.75) is 55.6 Å². The van der Waals surface area contributed by atoms with Crippen molar-refractivity contribution in [1.29, 1.82) is 0 Å². The lowest BCUT2D eigenvalue weighted by atomic mass is 10.1. The number of hydrogen-bond acceptors (Lipinski definition) is 5. The second kappa shape index (κ2) is 8.31. The Morgan fingerprint density at radius 1 is 1.38 bits per heavy atom. The van der Waals surface area contributed by atoms with Gasteiger partial charge in [-0.25, -0.2) is 4.98 Å². The maximum Gasteiger partial charge on any atom is 0.268 e. The third kappa shape index (κ3) is 4.32. The van der Waals surface area contributed by atoms with E-state index in [2.05, 4.69) is 17.2 Å². The first kappa shape index (κ1) is 19.0. The summed E-state index contributed by atoms with van der Waals surface area (Å²) < 4.78 is 1.67. The fourth-order valence-electron chi connectivity index (χ4n) is 2.81. The van der Waals surface area contributed by atoms with E-state index < -0.39 is 0 Å². The van der Waals surface area contributed by atoms with E-state index in [1.165, 1.54) is 17.3 Å². The number of rotatable bonds is 6. The van der Waals surface area contributed by atoms with Crippen LogP contribution in [0, 0.1) is 6.92 Å². The zero-order valence-corrected chi connectivity index (χ0v) is 16.9. The molecule has 0 radical (unpaired) electrons. The maximum absolute atomic E-state index is 12.6. The number of nitrogens with zero attached hydrogens (tertiary/aromatic N) is 2. The molecule has 1 aliphatic rings.